The fraction of sp³-hybridized carbons (Fsp3) is 0.0625. The number of hydrogen-bond acceptors (Lipinski definition) is 6. The van der Waals surface area contributed by atoms with Crippen molar-refractivity contribution in [3.8, 4) is 0 Å². The fourth-order valence-electron chi connectivity index (χ4n) is 2.33. The Morgan fingerprint density at radius 1 is 0.960 bits per heavy atom. The third kappa shape index (κ3) is 3.22. The molecular formula is C16H12N2O6S. The summed E-state index contributed by atoms with van der Waals surface area (Å²) in [5.74, 6) is -2.56. The molecule has 1 N–H and O–H groups in total. The number of para-hydroxylation sites is 1. The lowest BCUT2D eigenvalue weighted by atomic mass is 10.1. The molecule has 0 aromatic heterocycles. The first-order valence-electron chi connectivity index (χ1n) is 7.05. The summed E-state index contributed by atoms with van der Waals surface area (Å²) in [5.41, 5.74) is 0.0989. The maximum absolute atomic E-state index is 12.3. The number of sulfonamides is 1. The molecule has 2 aromatic carbocycles. The molecule has 8 nitrogen and oxygen atoms in total. The number of carbonyl (C=O) groups excluding carboxylic acids is 3. The molecule has 0 bridgehead atoms. The van der Waals surface area contributed by atoms with Crippen LogP contribution < -0.4 is 4.72 Å². The average molecular weight is 360 g/mol. The van der Waals surface area contributed by atoms with Crippen LogP contribution in [0, 0.1) is 0 Å². The highest BCUT2D eigenvalue weighted by molar-refractivity contribution is 7.92. The lowest BCUT2D eigenvalue weighted by Gasteiger charge is -2.14. The van der Waals surface area contributed by atoms with E-state index in [4.69, 9.17) is 4.84 Å². The Morgan fingerprint density at radius 2 is 1.48 bits per heavy atom. The van der Waals surface area contributed by atoms with Crippen molar-refractivity contribution >= 4 is 33.5 Å². The maximum Gasteiger partial charge on any atom is 0.366 e. The highest BCUT2D eigenvalue weighted by atomic mass is 32.2. The van der Waals surface area contributed by atoms with Gasteiger partial charge in [-0.2, -0.15) is 0 Å². The molecule has 0 radical (unpaired) electrons. The lowest BCUT2D eigenvalue weighted by Crippen LogP contribution is -2.33. The van der Waals surface area contributed by atoms with Crippen molar-refractivity contribution in [2.75, 3.05) is 11.0 Å². The number of amides is 2. The van der Waals surface area contributed by atoms with E-state index in [0.29, 0.717) is 5.06 Å². The number of benzene rings is 2. The van der Waals surface area contributed by atoms with Crippen LogP contribution in [0.5, 0.6) is 0 Å². The first kappa shape index (κ1) is 16.7. The second kappa shape index (κ2) is 6.02. The number of hydrogen-bond donors (Lipinski definition) is 1. The zero-order chi connectivity index (χ0) is 18.2. The molecule has 0 spiro atoms. The summed E-state index contributed by atoms with van der Waals surface area (Å²) in [6, 6.07) is 11.7. The van der Waals surface area contributed by atoms with E-state index in [1.165, 1.54) is 36.4 Å². The summed E-state index contributed by atoms with van der Waals surface area (Å²) in [7, 11) is -3.63. The van der Waals surface area contributed by atoms with Gasteiger partial charge in [0.15, 0.2) is 0 Å². The predicted molar refractivity (Wildman–Crippen MR) is 87.3 cm³/mol. The number of imide groups is 1. The Kier molecular flexibility index (Phi) is 4.01. The van der Waals surface area contributed by atoms with Gasteiger partial charge in [0.2, 0.25) is 10.0 Å². The van der Waals surface area contributed by atoms with Crippen molar-refractivity contribution in [1.29, 1.82) is 0 Å². The third-order valence-electron chi connectivity index (χ3n) is 3.37. The van der Waals surface area contributed by atoms with Crippen LogP contribution in [0.3, 0.4) is 0 Å². The van der Waals surface area contributed by atoms with Crippen LogP contribution in [-0.4, -0.2) is 37.5 Å². The molecular weight excluding hydrogens is 348 g/mol. The number of anilines is 1. The van der Waals surface area contributed by atoms with Gasteiger partial charge in [0.05, 0.1) is 28.6 Å². The molecule has 128 valence electrons. The van der Waals surface area contributed by atoms with E-state index in [-0.39, 0.29) is 22.4 Å². The van der Waals surface area contributed by atoms with Crippen LogP contribution in [0.15, 0.2) is 48.5 Å². The van der Waals surface area contributed by atoms with Crippen LogP contribution in [-0.2, 0) is 14.9 Å². The molecule has 3 rings (SSSR count). The van der Waals surface area contributed by atoms with Gasteiger partial charge in [0.1, 0.15) is 0 Å². The Labute approximate surface area is 143 Å². The van der Waals surface area contributed by atoms with E-state index in [2.05, 4.69) is 4.72 Å². The number of rotatable bonds is 4. The summed E-state index contributed by atoms with van der Waals surface area (Å²) in [6.07, 6.45) is 0.930. The fourth-order valence-corrected chi connectivity index (χ4v) is 2.91. The molecule has 0 saturated heterocycles. The smallest absolute Gasteiger partial charge is 0.324 e. The van der Waals surface area contributed by atoms with E-state index >= 15 is 0 Å². The Morgan fingerprint density at radius 3 is 2.04 bits per heavy atom. The van der Waals surface area contributed by atoms with E-state index in [1.54, 1.807) is 12.1 Å². The highest BCUT2D eigenvalue weighted by Crippen LogP contribution is 2.24. The number of carbonyl (C=O) groups is 3. The molecule has 25 heavy (non-hydrogen) atoms. The second-order valence-electron chi connectivity index (χ2n) is 5.25. The monoisotopic (exact) mass is 360 g/mol. The highest BCUT2D eigenvalue weighted by Gasteiger charge is 2.39. The number of hydroxylamine groups is 2. The third-order valence-corrected chi connectivity index (χ3v) is 3.96. The first-order chi connectivity index (χ1) is 11.8. The second-order valence-corrected chi connectivity index (χ2v) is 7.00. The largest absolute Gasteiger partial charge is 0.366 e. The van der Waals surface area contributed by atoms with Crippen molar-refractivity contribution in [3.05, 3.63) is 65.2 Å². The van der Waals surface area contributed by atoms with E-state index < -0.39 is 27.8 Å². The van der Waals surface area contributed by atoms with Crippen LogP contribution in [0.25, 0.3) is 0 Å². The normalized spacial score (nSPS) is 13.6. The zero-order valence-corrected chi connectivity index (χ0v) is 13.7. The quantitative estimate of drug-likeness (QED) is 0.826. The molecule has 1 aliphatic heterocycles. The minimum absolute atomic E-state index is 0.0217. The number of fused-ring (bicyclic) bond motifs is 1. The van der Waals surface area contributed by atoms with E-state index in [1.807, 2.05) is 0 Å². The summed E-state index contributed by atoms with van der Waals surface area (Å²) in [4.78, 5) is 41.7. The van der Waals surface area contributed by atoms with Crippen LogP contribution in [0.1, 0.15) is 31.1 Å². The van der Waals surface area contributed by atoms with Gasteiger partial charge < -0.3 is 4.84 Å². The average Bonchev–Trinajstić information content (AvgIpc) is 2.79. The molecule has 1 heterocycles. The van der Waals surface area contributed by atoms with Crippen molar-refractivity contribution in [3.63, 3.8) is 0 Å². The molecule has 9 heteroatoms. The first-order valence-corrected chi connectivity index (χ1v) is 8.94. The molecule has 2 aromatic rings. The Bertz CT molecular complexity index is 964. The molecule has 0 unspecified atom stereocenters. The van der Waals surface area contributed by atoms with Crippen molar-refractivity contribution in [1.82, 2.24) is 5.06 Å². The molecule has 0 atom stereocenters. The predicted octanol–water partition coefficient (Wildman–Crippen LogP) is 1.43. The van der Waals surface area contributed by atoms with Crippen LogP contribution >= 0.6 is 0 Å². The maximum atomic E-state index is 12.3. The summed E-state index contributed by atoms with van der Waals surface area (Å²) >= 11 is 0. The summed E-state index contributed by atoms with van der Waals surface area (Å²) in [6.45, 7) is 0. The lowest BCUT2D eigenvalue weighted by molar-refractivity contribution is -0.0583. The van der Waals surface area contributed by atoms with Gasteiger partial charge in [0, 0.05) is 0 Å². The minimum atomic E-state index is -3.63. The zero-order valence-electron chi connectivity index (χ0n) is 12.9. The SMILES string of the molecule is CS(=O)(=O)Nc1ccccc1C(=O)ON1C(=O)c2ccccc2C1=O. The molecule has 0 fully saturated rings. The van der Waals surface area contributed by atoms with E-state index in [0.717, 1.165) is 6.26 Å². The summed E-state index contributed by atoms with van der Waals surface area (Å²) < 4.78 is 25.0. The molecule has 0 saturated carbocycles. The van der Waals surface area contributed by atoms with Crippen LogP contribution in [0.2, 0.25) is 0 Å². The van der Waals surface area contributed by atoms with Crippen molar-refractivity contribution in [2.24, 2.45) is 0 Å². The number of nitrogens with one attached hydrogen (secondary N) is 1. The van der Waals surface area contributed by atoms with Gasteiger partial charge >= 0.3 is 5.97 Å². The van der Waals surface area contributed by atoms with Gasteiger partial charge in [-0.05, 0) is 24.3 Å². The number of nitrogens with zero attached hydrogens (tertiary/aromatic N) is 1. The van der Waals surface area contributed by atoms with Crippen LogP contribution in [0.4, 0.5) is 5.69 Å². The standard InChI is InChI=1S/C16H12N2O6S/c1-25(22,23)17-13-9-5-4-8-12(13)16(21)24-18-14(19)10-6-2-3-7-11(10)15(18)20/h2-9,17H,1H3. The van der Waals surface area contributed by atoms with Gasteiger partial charge in [-0.15, -0.1) is 0 Å². The van der Waals surface area contributed by atoms with Crippen molar-refractivity contribution in [2.45, 2.75) is 0 Å². The van der Waals surface area contributed by atoms with Gasteiger partial charge in [-0.1, -0.05) is 29.3 Å². The molecule has 2 amide bonds. The van der Waals surface area contributed by atoms with Crippen molar-refractivity contribution < 1.29 is 27.6 Å². The molecule has 0 aliphatic carbocycles. The topological polar surface area (TPSA) is 110 Å². The van der Waals surface area contributed by atoms with E-state index in [9.17, 15) is 22.8 Å². The Hall–Kier alpha value is -3.20. The minimum Gasteiger partial charge on any atom is -0.324 e. The van der Waals surface area contributed by atoms with Gasteiger partial charge in [0.25, 0.3) is 11.8 Å². The van der Waals surface area contributed by atoms with Gasteiger partial charge in [-0.3, -0.25) is 14.3 Å². The summed E-state index contributed by atoms with van der Waals surface area (Å²) in [5, 5.41) is 0.365. The molecule has 1 aliphatic rings. The Balaban J connectivity index is 1.88. The van der Waals surface area contributed by atoms with Gasteiger partial charge in [-0.25, -0.2) is 13.2 Å².